The van der Waals surface area contributed by atoms with Gasteiger partial charge in [-0.15, -0.1) is 0 Å². The molecule has 0 unspecified atom stereocenters. The van der Waals surface area contributed by atoms with Gasteiger partial charge in [-0.2, -0.15) is 10.2 Å². The number of amides is 1. The highest BCUT2D eigenvalue weighted by atomic mass is 16.3. The highest BCUT2D eigenvalue weighted by molar-refractivity contribution is 6.05. The number of nitrogens with zero attached hydrogens (tertiary/aromatic N) is 3. The fourth-order valence-electron chi connectivity index (χ4n) is 3.08. The molecule has 1 heterocycles. The first kappa shape index (κ1) is 19.1. The SMILES string of the molecule is O=C(NN=Cc1ccccc1O)c1nn(Cc2ccccc2)c(=O)c2ccccc12. The van der Waals surface area contributed by atoms with Crippen LogP contribution >= 0.6 is 0 Å². The summed E-state index contributed by atoms with van der Waals surface area (Å²) in [7, 11) is 0. The maximum Gasteiger partial charge on any atom is 0.292 e. The van der Waals surface area contributed by atoms with Crippen molar-refractivity contribution >= 4 is 22.9 Å². The number of nitrogens with one attached hydrogen (secondary N) is 1. The van der Waals surface area contributed by atoms with Gasteiger partial charge in [0.1, 0.15) is 5.75 Å². The fraction of sp³-hybridized carbons (Fsp3) is 0.0435. The monoisotopic (exact) mass is 398 g/mol. The lowest BCUT2D eigenvalue weighted by Gasteiger charge is -2.10. The molecule has 0 bridgehead atoms. The number of hydrazone groups is 1. The van der Waals surface area contributed by atoms with Crippen LogP contribution in [0, 0.1) is 0 Å². The number of fused-ring (bicyclic) bond motifs is 1. The van der Waals surface area contributed by atoms with Crippen molar-refractivity contribution in [2.24, 2.45) is 5.10 Å². The first-order valence-electron chi connectivity index (χ1n) is 9.28. The maximum atomic E-state index is 12.9. The second kappa shape index (κ2) is 8.40. The molecule has 0 aliphatic carbocycles. The average Bonchev–Trinajstić information content (AvgIpc) is 2.77. The standard InChI is InChI=1S/C23H18N4O3/c28-20-13-7-4-10-17(20)14-24-25-22(29)21-18-11-5-6-12-19(18)23(30)27(26-21)15-16-8-2-1-3-9-16/h1-14,28H,15H2,(H,25,29). The van der Waals surface area contributed by atoms with E-state index in [9.17, 15) is 14.7 Å². The van der Waals surface area contributed by atoms with E-state index in [2.05, 4.69) is 15.6 Å². The zero-order chi connectivity index (χ0) is 20.9. The zero-order valence-electron chi connectivity index (χ0n) is 15.9. The number of hydrogen-bond acceptors (Lipinski definition) is 5. The van der Waals surface area contributed by atoms with Gasteiger partial charge < -0.3 is 5.11 Å². The molecule has 1 aromatic heterocycles. The van der Waals surface area contributed by atoms with Gasteiger partial charge in [0.15, 0.2) is 5.69 Å². The van der Waals surface area contributed by atoms with E-state index in [4.69, 9.17) is 0 Å². The molecule has 0 atom stereocenters. The van der Waals surface area contributed by atoms with Crippen LogP contribution in [0.5, 0.6) is 5.75 Å². The Morgan fingerprint density at radius 1 is 0.967 bits per heavy atom. The third kappa shape index (κ3) is 3.95. The Labute approximate surface area is 171 Å². The predicted octanol–water partition coefficient (Wildman–Crippen LogP) is 2.91. The molecular weight excluding hydrogens is 380 g/mol. The van der Waals surface area contributed by atoms with Gasteiger partial charge in [-0.25, -0.2) is 10.1 Å². The summed E-state index contributed by atoms with van der Waals surface area (Å²) in [4.78, 5) is 25.6. The number of aromatic hydroxyl groups is 1. The number of hydrogen-bond donors (Lipinski definition) is 2. The average molecular weight is 398 g/mol. The molecule has 3 aromatic carbocycles. The van der Waals surface area contributed by atoms with Gasteiger partial charge in [0.05, 0.1) is 18.1 Å². The number of para-hydroxylation sites is 1. The molecule has 4 aromatic rings. The van der Waals surface area contributed by atoms with Crippen molar-refractivity contribution in [1.29, 1.82) is 0 Å². The van der Waals surface area contributed by atoms with Gasteiger partial charge in [-0.05, 0) is 23.8 Å². The molecule has 30 heavy (non-hydrogen) atoms. The topological polar surface area (TPSA) is 96.6 Å². The molecule has 0 aliphatic heterocycles. The highest BCUT2D eigenvalue weighted by Gasteiger charge is 2.16. The van der Waals surface area contributed by atoms with Gasteiger partial charge in [0.25, 0.3) is 11.5 Å². The van der Waals surface area contributed by atoms with Gasteiger partial charge in [0, 0.05) is 10.9 Å². The van der Waals surface area contributed by atoms with E-state index in [0.29, 0.717) is 16.3 Å². The van der Waals surface area contributed by atoms with E-state index in [1.54, 1.807) is 42.5 Å². The van der Waals surface area contributed by atoms with Crippen LogP contribution in [0.25, 0.3) is 10.8 Å². The molecule has 0 radical (unpaired) electrons. The Morgan fingerprint density at radius 2 is 1.63 bits per heavy atom. The van der Waals surface area contributed by atoms with Crippen LogP contribution in [0.2, 0.25) is 0 Å². The molecule has 0 saturated carbocycles. The van der Waals surface area contributed by atoms with Crippen LogP contribution in [-0.4, -0.2) is 27.0 Å². The van der Waals surface area contributed by atoms with Crippen molar-refractivity contribution in [2.45, 2.75) is 6.54 Å². The van der Waals surface area contributed by atoms with E-state index in [1.165, 1.54) is 17.0 Å². The molecule has 0 aliphatic rings. The molecule has 7 heteroatoms. The van der Waals surface area contributed by atoms with Crippen molar-refractivity contribution in [3.05, 3.63) is 106 Å². The van der Waals surface area contributed by atoms with Crippen molar-refractivity contribution in [3.8, 4) is 5.75 Å². The molecule has 148 valence electrons. The van der Waals surface area contributed by atoms with Gasteiger partial charge in [0.2, 0.25) is 0 Å². The summed E-state index contributed by atoms with van der Waals surface area (Å²) in [6, 6.07) is 22.9. The van der Waals surface area contributed by atoms with Crippen molar-refractivity contribution in [2.75, 3.05) is 0 Å². The summed E-state index contributed by atoms with van der Waals surface area (Å²) in [6.07, 6.45) is 1.34. The summed E-state index contributed by atoms with van der Waals surface area (Å²) in [5.74, 6) is -0.504. The lowest BCUT2D eigenvalue weighted by Crippen LogP contribution is -2.29. The summed E-state index contributed by atoms with van der Waals surface area (Å²) in [6.45, 7) is 0.242. The van der Waals surface area contributed by atoms with Crippen LogP contribution in [0.3, 0.4) is 0 Å². The molecule has 0 spiro atoms. The van der Waals surface area contributed by atoms with Crippen LogP contribution in [0.4, 0.5) is 0 Å². The van der Waals surface area contributed by atoms with Crippen LogP contribution in [0.1, 0.15) is 21.6 Å². The molecule has 0 saturated heterocycles. The van der Waals surface area contributed by atoms with E-state index >= 15 is 0 Å². The minimum atomic E-state index is -0.556. The van der Waals surface area contributed by atoms with E-state index in [1.807, 2.05) is 30.3 Å². The molecule has 2 N–H and O–H groups in total. The Balaban J connectivity index is 1.68. The van der Waals surface area contributed by atoms with Gasteiger partial charge in [-0.3, -0.25) is 9.59 Å². The maximum absolute atomic E-state index is 12.9. The Morgan fingerprint density at radius 3 is 2.40 bits per heavy atom. The number of aromatic nitrogens is 2. The lowest BCUT2D eigenvalue weighted by molar-refractivity contribution is 0.0949. The largest absolute Gasteiger partial charge is 0.507 e. The van der Waals surface area contributed by atoms with E-state index in [-0.39, 0.29) is 23.5 Å². The Hall–Kier alpha value is -4.26. The van der Waals surface area contributed by atoms with Gasteiger partial charge >= 0.3 is 0 Å². The Kier molecular flexibility index (Phi) is 5.34. The summed E-state index contributed by atoms with van der Waals surface area (Å²) in [5, 5.41) is 18.9. The highest BCUT2D eigenvalue weighted by Crippen LogP contribution is 2.15. The molecule has 7 nitrogen and oxygen atoms in total. The predicted molar refractivity (Wildman–Crippen MR) is 115 cm³/mol. The summed E-state index contributed by atoms with van der Waals surface area (Å²) in [5.41, 5.74) is 3.60. The zero-order valence-corrected chi connectivity index (χ0v) is 15.9. The first-order valence-corrected chi connectivity index (χ1v) is 9.28. The smallest absolute Gasteiger partial charge is 0.292 e. The minimum absolute atomic E-state index is 0.0514. The number of phenolic OH excluding ortho intramolecular Hbond substituents is 1. The van der Waals surface area contributed by atoms with Crippen LogP contribution in [-0.2, 0) is 6.54 Å². The molecule has 0 fully saturated rings. The second-order valence-corrected chi connectivity index (χ2v) is 6.60. The number of benzene rings is 3. The molecule has 4 rings (SSSR count). The Bertz CT molecular complexity index is 1300. The number of carbonyl (C=O) groups excluding carboxylic acids is 1. The van der Waals surface area contributed by atoms with Crippen molar-refractivity contribution in [3.63, 3.8) is 0 Å². The molecular formula is C23H18N4O3. The quantitative estimate of drug-likeness (QED) is 0.399. The van der Waals surface area contributed by atoms with Crippen molar-refractivity contribution in [1.82, 2.24) is 15.2 Å². The molecule has 1 amide bonds. The summed E-state index contributed by atoms with van der Waals surface area (Å²) >= 11 is 0. The first-order chi connectivity index (χ1) is 14.6. The fourth-order valence-corrected chi connectivity index (χ4v) is 3.08. The number of phenols is 1. The minimum Gasteiger partial charge on any atom is -0.507 e. The number of rotatable bonds is 5. The third-order valence-corrected chi connectivity index (χ3v) is 4.56. The normalized spacial score (nSPS) is 11.1. The van der Waals surface area contributed by atoms with Gasteiger partial charge in [-0.1, -0.05) is 60.7 Å². The van der Waals surface area contributed by atoms with Crippen LogP contribution < -0.4 is 11.0 Å². The van der Waals surface area contributed by atoms with Crippen LogP contribution in [0.15, 0.2) is 88.8 Å². The third-order valence-electron chi connectivity index (χ3n) is 4.56. The van der Waals surface area contributed by atoms with E-state index in [0.717, 1.165) is 5.56 Å². The summed E-state index contributed by atoms with van der Waals surface area (Å²) < 4.78 is 1.28. The van der Waals surface area contributed by atoms with E-state index < -0.39 is 5.91 Å². The second-order valence-electron chi connectivity index (χ2n) is 6.60. The van der Waals surface area contributed by atoms with Crippen molar-refractivity contribution < 1.29 is 9.90 Å². The lowest BCUT2D eigenvalue weighted by atomic mass is 10.1. The number of carbonyl (C=O) groups is 1.